The van der Waals surface area contributed by atoms with Crippen molar-refractivity contribution in [3.63, 3.8) is 0 Å². The minimum Gasteiger partial charge on any atom is -0.378 e. The number of hydrogen-bond acceptors (Lipinski definition) is 4. The Labute approximate surface area is 124 Å². The first kappa shape index (κ1) is 15.4. The highest BCUT2D eigenvalue weighted by Gasteiger charge is 2.33. The Bertz CT molecular complexity index is 644. The van der Waals surface area contributed by atoms with Gasteiger partial charge in [-0.15, -0.1) is 0 Å². The fraction of sp³-hybridized carbons (Fsp3) is 0.231. The molecule has 1 aromatic carbocycles. The van der Waals surface area contributed by atoms with Crippen LogP contribution in [0.2, 0.25) is 5.28 Å². The van der Waals surface area contributed by atoms with Crippen LogP contribution in [0.15, 0.2) is 30.3 Å². The molecule has 8 heteroatoms. The number of nitrogens with one attached hydrogen (secondary N) is 1. The van der Waals surface area contributed by atoms with Crippen molar-refractivity contribution < 1.29 is 13.2 Å². The van der Waals surface area contributed by atoms with Crippen LogP contribution < -0.4 is 10.2 Å². The molecule has 112 valence electrons. The fourth-order valence-electron chi connectivity index (χ4n) is 1.64. The highest BCUT2D eigenvalue weighted by Crippen LogP contribution is 2.30. The van der Waals surface area contributed by atoms with Gasteiger partial charge in [-0.3, -0.25) is 0 Å². The third kappa shape index (κ3) is 3.98. The Morgan fingerprint density at radius 3 is 2.48 bits per heavy atom. The number of nitrogens with zero attached hydrogens (tertiary/aromatic N) is 3. The smallest absolute Gasteiger partial charge is 0.378 e. The minimum atomic E-state index is -4.57. The van der Waals surface area contributed by atoms with Gasteiger partial charge in [0.25, 0.3) is 0 Å². The molecule has 0 aliphatic rings. The van der Waals surface area contributed by atoms with Crippen LogP contribution in [0.4, 0.5) is 30.4 Å². The van der Waals surface area contributed by atoms with Crippen LogP contribution in [-0.4, -0.2) is 24.1 Å². The summed E-state index contributed by atoms with van der Waals surface area (Å²) in [5.74, 6) is -0.0155. The molecule has 1 heterocycles. The zero-order chi connectivity index (χ0) is 15.6. The second-order valence-corrected chi connectivity index (χ2v) is 4.81. The molecule has 0 radical (unpaired) electrons. The van der Waals surface area contributed by atoms with E-state index in [1.807, 2.05) is 25.1 Å². The van der Waals surface area contributed by atoms with Gasteiger partial charge in [0.05, 0.1) is 0 Å². The van der Waals surface area contributed by atoms with Crippen LogP contribution in [0.5, 0.6) is 0 Å². The molecule has 0 saturated heterocycles. The van der Waals surface area contributed by atoms with Crippen molar-refractivity contribution in [2.75, 3.05) is 24.3 Å². The number of rotatable bonds is 3. The molecule has 1 aromatic heterocycles. The van der Waals surface area contributed by atoms with Crippen LogP contribution in [0.3, 0.4) is 0 Å². The highest BCUT2D eigenvalue weighted by atomic mass is 35.5. The normalized spacial score (nSPS) is 11.3. The molecule has 2 rings (SSSR count). The number of halogens is 4. The topological polar surface area (TPSA) is 41.0 Å². The number of hydrogen-bond donors (Lipinski definition) is 1. The van der Waals surface area contributed by atoms with Gasteiger partial charge in [0, 0.05) is 31.5 Å². The fourth-order valence-corrected chi connectivity index (χ4v) is 1.82. The van der Waals surface area contributed by atoms with Crippen LogP contribution >= 0.6 is 11.6 Å². The van der Waals surface area contributed by atoms with Gasteiger partial charge in [-0.1, -0.05) is 6.07 Å². The lowest BCUT2D eigenvalue weighted by Gasteiger charge is -2.14. The van der Waals surface area contributed by atoms with E-state index in [2.05, 4.69) is 15.3 Å². The Morgan fingerprint density at radius 1 is 1.14 bits per heavy atom. The molecule has 1 N–H and O–H groups in total. The number of alkyl halides is 3. The van der Waals surface area contributed by atoms with Gasteiger partial charge in [-0.25, -0.2) is 9.97 Å². The van der Waals surface area contributed by atoms with Crippen molar-refractivity contribution in [3.8, 4) is 0 Å². The molecule has 0 unspecified atom stereocenters. The molecule has 0 bridgehead atoms. The van der Waals surface area contributed by atoms with E-state index in [9.17, 15) is 13.2 Å². The summed E-state index contributed by atoms with van der Waals surface area (Å²) in [4.78, 5) is 8.79. The molecule has 2 aromatic rings. The zero-order valence-corrected chi connectivity index (χ0v) is 12.0. The van der Waals surface area contributed by atoms with Crippen LogP contribution in [-0.2, 0) is 6.18 Å². The molecule has 0 atom stereocenters. The standard InChI is InChI=1S/C13H12ClF3N4/c1-21(2)9-5-3-4-8(6-9)18-11-7-10(13(15,16)17)19-12(14)20-11/h3-7H,1-2H3,(H,18,19,20). The maximum absolute atomic E-state index is 12.7. The van der Waals surface area contributed by atoms with Crippen molar-refractivity contribution in [1.29, 1.82) is 0 Å². The van der Waals surface area contributed by atoms with Gasteiger partial charge in [-0.2, -0.15) is 13.2 Å². The van der Waals surface area contributed by atoms with Gasteiger partial charge in [-0.05, 0) is 29.8 Å². The summed E-state index contributed by atoms with van der Waals surface area (Å²) in [5.41, 5.74) is 0.411. The van der Waals surface area contributed by atoms with E-state index in [4.69, 9.17) is 11.6 Å². The number of benzene rings is 1. The van der Waals surface area contributed by atoms with Crippen molar-refractivity contribution in [2.24, 2.45) is 0 Å². The molecule has 0 fully saturated rings. The third-order valence-electron chi connectivity index (χ3n) is 2.62. The molecular formula is C13H12ClF3N4. The summed E-state index contributed by atoms with van der Waals surface area (Å²) < 4.78 is 38.0. The molecule has 0 saturated carbocycles. The maximum atomic E-state index is 12.7. The van der Waals surface area contributed by atoms with E-state index in [0.717, 1.165) is 11.8 Å². The second-order valence-electron chi connectivity index (χ2n) is 4.47. The zero-order valence-electron chi connectivity index (χ0n) is 11.2. The predicted molar refractivity (Wildman–Crippen MR) is 76.1 cm³/mol. The van der Waals surface area contributed by atoms with Crippen molar-refractivity contribution in [2.45, 2.75) is 6.18 Å². The monoisotopic (exact) mass is 316 g/mol. The number of anilines is 3. The molecular weight excluding hydrogens is 305 g/mol. The Balaban J connectivity index is 2.31. The van der Waals surface area contributed by atoms with Gasteiger partial charge in [0.2, 0.25) is 5.28 Å². The van der Waals surface area contributed by atoms with Gasteiger partial charge >= 0.3 is 6.18 Å². The Kier molecular flexibility index (Phi) is 4.22. The lowest BCUT2D eigenvalue weighted by molar-refractivity contribution is -0.141. The van der Waals surface area contributed by atoms with E-state index in [1.54, 1.807) is 18.2 Å². The van der Waals surface area contributed by atoms with Gasteiger partial charge in [0.15, 0.2) is 5.69 Å². The summed E-state index contributed by atoms with van der Waals surface area (Å²) in [6, 6.07) is 7.97. The second kappa shape index (κ2) is 5.77. The largest absolute Gasteiger partial charge is 0.433 e. The van der Waals surface area contributed by atoms with E-state index in [0.29, 0.717) is 5.69 Å². The Hall–Kier alpha value is -2.02. The molecule has 0 aliphatic carbocycles. The molecule has 0 aliphatic heterocycles. The van der Waals surface area contributed by atoms with Crippen LogP contribution in [0.1, 0.15) is 5.69 Å². The van der Waals surface area contributed by atoms with E-state index >= 15 is 0 Å². The lowest BCUT2D eigenvalue weighted by Crippen LogP contribution is -2.10. The van der Waals surface area contributed by atoms with Crippen molar-refractivity contribution >= 4 is 28.8 Å². The summed E-state index contributed by atoms with van der Waals surface area (Å²) in [6.45, 7) is 0. The summed E-state index contributed by atoms with van der Waals surface area (Å²) in [6.07, 6.45) is -4.57. The quantitative estimate of drug-likeness (QED) is 0.870. The van der Waals surface area contributed by atoms with Gasteiger partial charge in [0.1, 0.15) is 5.82 Å². The van der Waals surface area contributed by atoms with E-state index in [-0.39, 0.29) is 5.82 Å². The summed E-state index contributed by atoms with van der Waals surface area (Å²) in [7, 11) is 3.73. The average Bonchev–Trinajstić information content (AvgIpc) is 2.37. The summed E-state index contributed by atoms with van der Waals surface area (Å²) in [5, 5.41) is 2.33. The van der Waals surface area contributed by atoms with Crippen LogP contribution in [0.25, 0.3) is 0 Å². The Morgan fingerprint density at radius 2 is 1.86 bits per heavy atom. The molecule has 4 nitrogen and oxygen atoms in total. The SMILES string of the molecule is CN(C)c1cccc(Nc2cc(C(F)(F)F)nc(Cl)n2)c1. The highest BCUT2D eigenvalue weighted by molar-refractivity contribution is 6.28. The first-order valence-corrected chi connectivity index (χ1v) is 6.30. The van der Waals surface area contributed by atoms with Gasteiger partial charge < -0.3 is 10.2 Å². The van der Waals surface area contributed by atoms with Crippen LogP contribution in [0, 0.1) is 0 Å². The maximum Gasteiger partial charge on any atom is 0.433 e. The van der Waals surface area contributed by atoms with E-state index < -0.39 is 17.2 Å². The van der Waals surface area contributed by atoms with E-state index in [1.165, 1.54) is 0 Å². The third-order valence-corrected chi connectivity index (χ3v) is 2.79. The van der Waals surface area contributed by atoms with Crippen molar-refractivity contribution in [1.82, 2.24) is 9.97 Å². The minimum absolute atomic E-state index is 0.0155. The average molecular weight is 317 g/mol. The predicted octanol–water partition coefficient (Wildman–Crippen LogP) is 3.96. The molecule has 0 amide bonds. The van der Waals surface area contributed by atoms with Crippen molar-refractivity contribution in [3.05, 3.63) is 41.3 Å². The molecule has 0 spiro atoms. The first-order chi connectivity index (χ1) is 9.75. The number of aromatic nitrogens is 2. The summed E-state index contributed by atoms with van der Waals surface area (Å²) >= 11 is 5.53. The lowest BCUT2D eigenvalue weighted by atomic mass is 10.2. The molecule has 21 heavy (non-hydrogen) atoms. The first-order valence-electron chi connectivity index (χ1n) is 5.92.